The first-order valence-electron chi connectivity index (χ1n) is 10.1. The topological polar surface area (TPSA) is 55.8 Å². The van der Waals surface area contributed by atoms with Crippen molar-refractivity contribution in [3.05, 3.63) is 52.1 Å². The molecule has 0 aromatic heterocycles. The Kier molecular flexibility index (Phi) is 6.47. The van der Waals surface area contributed by atoms with Crippen LogP contribution in [0.1, 0.15) is 48.1 Å². The van der Waals surface area contributed by atoms with Crippen LogP contribution in [0.15, 0.2) is 24.3 Å². The highest BCUT2D eigenvalue weighted by atomic mass is 32.2. The molecule has 29 heavy (non-hydrogen) atoms. The van der Waals surface area contributed by atoms with Gasteiger partial charge < -0.3 is 14.6 Å². The number of phenolic OH excluding ortho intramolecular Hbond substituents is 1. The smallest absolute Gasteiger partial charge is 0.176 e. The van der Waals surface area contributed by atoms with E-state index in [2.05, 4.69) is 19.1 Å². The van der Waals surface area contributed by atoms with Gasteiger partial charge in [-0.2, -0.15) is 0 Å². The van der Waals surface area contributed by atoms with Crippen LogP contribution in [0.25, 0.3) is 0 Å². The Labute approximate surface area is 177 Å². The van der Waals surface area contributed by atoms with Crippen LogP contribution in [0, 0.1) is 20.8 Å². The number of ether oxygens (including phenoxy) is 2. The summed E-state index contributed by atoms with van der Waals surface area (Å²) in [6.45, 7) is 10.5. The summed E-state index contributed by atoms with van der Waals surface area (Å²) < 4.78 is 12.5. The van der Waals surface area contributed by atoms with E-state index in [0.717, 1.165) is 58.6 Å². The second kappa shape index (κ2) is 8.70. The second-order valence-corrected chi connectivity index (χ2v) is 9.53. The van der Waals surface area contributed by atoms with Gasteiger partial charge in [-0.3, -0.25) is 4.79 Å². The zero-order valence-corrected chi connectivity index (χ0v) is 18.7. The van der Waals surface area contributed by atoms with Gasteiger partial charge in [0.15, 0.2) is 5.62 Å². The molecule has 2 aromatic carbocycles. The number of hydrogen-bond acceptors (Lipinski definition) is 5. The first-order valence-corrected chi connectivity index (χ1v) is 11.0. The van der Waals surface area contributed by atoms with E-state index >= 15 is 0 Å². The van der Waals surface area contributed by atoms with E-state index in [-0.39, 0.29) is 5.25 Å². The molecule has 0 amide bonds. The summed E-state index contributed by atoms with van der Waals surface area (Å²) in [5, 5.41) is 10.6. The molecule has 0 radical (unpaired) electrons. The van der Waals surface area contributed by atoms with Crippen molar-refractivity contribution in [2.24, 2.45) is 0 Å². The molecule has 0 aliphatic carbocycles. The quantitative estimate of drug-likeness (QED) is 0.620. The van der Waals surface area contributed by atoms with E-state index in [9.17, 15) is 9.90 Å². The first-order chi connectivity index (χ1) is 13.7. The van der Waals surface area contributed by atoms with Crippen molar-refractivity contribution in [3.8, 4) is 17.2 Å². The van der Waals surface area contributed by atoms with Crippen LogP contribution in [0.3, 0.4) is 0 Å². The molecule has 0 bridgehead atoms. The van der Waals surface area contributed by atoms with Gasteiger partial charge in [-0.05, 0) is 81.3 Å². The minimum atomic E-state index is -0.415. The van der Waals surface area contributed by atoms with Crippen molar-refractivity contribution in [1.82, 2.24) is 0 Å². The van der Waals surface area contributed by atoms with Gasteiger partial charge in [-0.15, -0.1) is 0 Å². The van der Waals surface area contributed by atoms with E-state index < -0.39 is 5.60 Å². The third-order valence-electron chi connectivity index (χ3n) is 5.87. The molecule has 156 valence electrons. The van der Waals surface area contributed by atoms with Crippen LogP contribution in [0.4, 0.5) is 0 Å². The lowest BCUT2D eigenvalue weighted by Crippen LogP contribution is -2.42. The fraction of sp³-hybridized carbons (Fsp3) is 0.458. The number of hydrogen-bond donors (Lipinski definition) is 1. The molecular weight excluding hydrogens is 384 g/mol. The minimum absolute atomic E-state index is 0.267. The van der Waals surface area contributed by atoms with Gasteiger partial charge >= 0.3 is 0 Å². The molecule has 5 heteroatoms. The highest BCUT2D eigenvalue weighted by molar-refractivity contribution is 8.12. The Morgan fingerprint density at radius 3 is 2.55 bits per heavy atom. The molecule has 1 heterocycles. The predicted molar refractivity (Wildman–Crippen MR) is 119 cm³/mol. The number of carbonyl (C=O) groups excluding carboxylic acids is 1. The van der Waals surface area contributed by atoms with Crippen molar-refractivity contribution in [1.29, 1.82) is 0 Å². The normalized spacial score (nSPS) is 19.2. The largest absolute Gasteiger partial charge is 0.507 e. The number of benzene rings is 2. The van der Waals surface area contributed by atoms with Crippen LogP contribution in [0.5, 0.6) is 17.2 Å². The highest BCUT2D eigenvalue weighted by Gasteiger charge is 2.35. The average Bonchev–Trinajstić information content (AvgIpc) is 2.70. The Morgan fingerprint density at radius 2 is 1.90 bits per heavy atom. The predicted octanol–water partition coefficient (Wildman–Crippen LogP) is 5.33. The van der Waals surface area contributed by atoms with Crippen LogP contribution in [-0.2, 0) is 17.6 Å². The third-order valence-corrected chi connectivity index (χ3v) is 6.61. The molecule has 2 atom stereocenters. The zero-order valence-electron chi connectivity index (χ0n) is 17.9. The van der Waals surface area contributed by atoms with E-state index in [4.69, 9.17) is 9.47 Å². The fourth-order valence-electron chi connectivity index (χ4n) is 3.83. The van der Waals surface area contributed by atoms with Gasteiger partial charge in [-0.1, -0.05) is 30.8 Å². The number of aromatic hydroxyl groups is 1. The lowest BCUT2D eigenvalue weighted by molar-refractivity contribution is 0.0166. The molecule has 3 rings (SSSR count). The second-order valence-electron chi connectivity index (χ2n) is 8.26. The fourth-order valence-corrected chi connectivity index (χ4v) is 4.31. The van der Waals surface area contributed by atoms with Crippen LogP contribution < -0.4 is 9.47 Å². The molecule has 0 fully saturated rings. The standard InChI is InChI=1S/C24H30O4S/c1-15(29-14-25)12-19-6-8-20(9-7-19)27-13-24(5)11-10-21-18(4)22(26)16(2)17(3)23(21)28-24/h6-9,14-15,26H,10-13H2,1-5H3. The summed E-state index contributed by atoms with van der Waals surface area (Å²) in [5.41, 5.74) is 5.58. The maximum Gasteiger partial charge on any atom is 0.176 e. The van der Waals surface area contributed by atoms with Gasteiger partial charge in [0.05, 0.1) is 0 Å². The van der Waals surface area contributed by atoms with Crippen molar-refractivity contribution < 1.29 is 19.4 Å². The number of carbonyl (C=O) groups is 1. The van der Waals surface area contributed by atoms with Gasteiger partial charge in [0.1, 0.15) is 29.5 Å². The summed E-state index contributed by atoms with van der Waals surface area (Å²) in [6.07, 6.45) is 2.55. The van der Waals surface area contributed by atoms with Gasteiger partial charge in [-0.25, -0.2) is 0 Å². The van der Waals surface area contributed by atoms with Crippen molar-refractivity contribution >= 4 is 17.4 Å². The molecule has 0 spiro atoms. The number of thioether (sulfide) groups is 1. The molecule has 2 aromatic rings. The molecule has 0 saturated carbocycles. The van der Waals surface area contributed by atoms with Crippen molar-refractivity contribution in [2.75, 3.05) is 6.61 Å². The van der Waals surface area contributed by atoms with Crippen LogP contribution in [0.2, 0.25) is 0 Å². The first kappa shape index (κ1) is 21.6. The molecule has 4 nitrogen and oxygen atoms in total. The molecule has 0 saturated heterocycles. The van der Waals surface area contributed by atoms with Crippen LogP contribution >= 0.6 is 11.8 Å². The highest BCUT2D eigenvalue weighted by Crippen LogP contribution is 2.43. The summed E-state index contributed by atoms with van der Waals surface area (Å²) in [6, 6.07) is 8.06. The maximum absolute atomic E-state index is 10.6. The van der Waals surface area contributed by atoms with E-state index in [1.54, 1.807) is 0 Å². The van der Waals surface area contributed by atoms with Gasteiger partial charge in [0.2, 0.25) is 0 Å². The lowest BCUT2D eigenvalue weighted by Gasteiger charge is -2.37. The van der Waals surface area contributed by atoms with Gasteiger partial charge in [0, 0.05) is 10.8 Å². The SMILES string of the molecule is Cc1c(C)c2c(c(C)c1O)CCC(C)(COc1ccc(CC(C)SC=O)cc1)O2. The van der Waals surface area contributed by atoms with Gasteiger partial charge in [0.25, 0.3) is 0 Å². The van der Waals surface area contributed by atoms with Crippen LogP contribution in [-0.4, -0.2) is 28.2 Å². The maximum atomic E-state index is 10.6. The third kappa shape index (κ3) is 4.72. The molecule has 1 N–H and O–H groups in total. The van der Waals surface area contributed by atoms with E-state index in [0.29, 0.717) is 12.4 Å². The Morgan fingerprint density at radius 1 is 1.21 bits per heavy atom. The molecule has 2 unspecified atom stereocenters. The van der Waals surface area contributed by atoms with E-state index in [1.807, 2.05) is 39.8 Å². The zero-order chi connectivity index (χ0) is 21.2. The lowest BCUT2D eigenvalue weighted by atomic mass is 9.87. The number of rotatable bonds is 7. The Bertz CT molecular complexity index is 891. The molecule has 1 aliphatic heterocycles. The molecular formula is C24H30O4S. The summed E-state index contributed by atoms with van der Waals surface area (Å²) in [5.74, 6) is 2.09. The monoisotopic (exact) mass is 414 g/mol. The Hall–Kier alpha value is -2.14. The van der Waals surface area contributed by atoms with Crippen molar-refractivity contribution in [2.45, 2.75) is 64.7 Å². The molecule has 1 aliphatic rings. The number of fused-ring (bicyclic) bond motifs is 1. The summed E-state index contributed by atoms with van der Waals surface area (Å²) in [7, 11) is 0. The number of phenols is 1. The average molecular weight is 415 g/mol. The minimum Gasteiger partial charge on any atom is -0.507 e. The Balaban J connectivity index is 1.67. The summed E-state index contributed by atoms with van der Waals surface area (Å²) >= 11 is 1.31. The van der Waals surface area contributed by atoms with E-state index in [1.165, 1.54) is 17.3 Å². The summed E-state index contributed by atoms with van der Waals surface area (Å²) in [4.78, 5) is 10.6. The van der Waals surface area contributed by atoms with Crippen molar-refractivity contribution in [3.63, 3.8) is 0 Å².